The molecular formula is C13H11BrN4S. The van der Waals surface area contributed by atoms with Crippen molar-refractivity contribution >= 4 is 33.3 Å². The number of fused-ring (bicyclic) bond motifs is 1. The molecule has 19 heavy (non-hydrogen) atoms. The lowest BCUT2D eigenvalue weighted by molar-refractivity contribution is 0.919. The second kappa shape index (κ2) is 5.32. The monoisotopic (exact) mass is 334 g/mol. The summed E-state index contributed by atoms with van der Waals surface area (Å²) in [4.78, 5) is 8.95. The number of pyridine rings is 2. The standard InChI is InChI=1S/C13H11BrN4S/c14-9-4-3-6-16-12(9)19-13-10(8-15)18-7-2-1-5-11(18)17-13/h1-7H,8,15H2. The van der Waals surface area contributed by atoms with Gasteiger partial charge in [0.05, 0.1) is 10.2 Å². The predicted molar refractivity (Wildman–Crippen MR) is 79.1 cm³/mol. The van der Waals surface area contributed by atoms with Crippen molar-refractivity contribution in [3.8, 4) is 0 Å². The van der Waals surface area contributed by atoms with E-state index >= 15 is 0 Å². The summed E-state index contributed by atoms with van der Waals surface area (Å²) in [6.45, 7) is 0.442. The molecule has 2 N–H and O–H groups in total. The minimum Gasteiger partial charge on any atom is -0.325 e. The molecule has 3 aromatic heterocycles. The summed E-state index contributed by atoms with van der Waals surface area (Å²) in [5.41, 5.74) is 7.75. The first-order valence-electron chi connectivity index (χ1n) is 5.74. The molecule has 3 heterocycles. The number of halogens is 1. The molecule has 0 atom stereocenters. The van der Waals surface area contributed by atoms with Crippen LogP contribution in [0.4, 0.5) is 0 Å². The summed E-state index contributed by atoms with van der Waals surface area (Å²) in [6.07, 6.45) is 3.74. The van der Waals surface area contributed by atoms with E-state index in [0.717, 1.165) is 25.9 Å². The fourth-order valence-electron chi connectivity index (χ4n) is 1.83. The molecule has 6 heteroatoms. The number of aromatic nitrogens is 3. The van der Waals surface area contributed by atoms with Crippen LogP contribution >= 0.6 is 27.7 Å². The van der Waals surface area contributed by atoms with Gasteiger partial charge in [0, 0.05) is 18.9 Å². The topological polar surface area (TPSA) is 56.2 Å². The van der Waals surface area contributed by atoms with Gasteiger partial charge in [-0.25, -0.2) is 9.97 Å². The minimum atomic E-state index is 0.442. The molecule has 0 unspecified atom stereocenters. The van der Waals surface area contributed by atoms with Crippen LogP contribution in [0.3, 0.4) is 0 Å². The molecule has 96 valence electrons. The van der Waals surface area contributed by atoms with E-state index < -0.39 is 0 Å². The number of nitrogens with two attached hydrogens (primary N) is 1. The molecular weight excluding hydrogens is 324 g/mol. The number of nitrogens with zero attached hydrogens (tertiary/aromatic N) is 3. The Balaban J connectivity index is 2.08. The molecule has 0 aliphatic carbocycles. The Labute approximate surface area is 123 Å². The van der Waals surface area contributed by atoms with Gasteiger partial charge < -0.3 is 10.1 Å². The molecule has 0 bridgehead atoms. The predicted octanol–water partition coefficient (Wildman–Crippen LogP) is 3.10. The second-order valence-electron chi connectivity index (χ2n) is 3.89. The summed E-state index contributed by atoms with van der Waals surface area (Å²) >= 11 is 5.02. The quantitative estimate of drug-likeness (QED) is 0.799. The van der Waals surface area contributed by atoms with Gasteiger partial charge >= 0.3 is 0 Å². The van der Waals surface area contributed by atoms with Gasteiger partial charge in [0.25, 0.3) is 0 Å². The van der Waals surface area contributed by atoms with Crippen LogP contribution in [0.2, 0.25) is 0 Å². The zero-order chi connectivity index (χ0) is 13.2. The van der Waals surface area contributed by atoms with Crippen LogP contribution in [0.5, 0.6) is 0 Å². The number of imidazole rings is 1. The zero-order valence-corrected chi connectivity index (χ0v) is 12.4. The number of hydrogen-bond donors (Lipinski definition) is 1. The molecule has 0 radical (unpaired) electrons. The van der Waals surface area contributed by atoms with Crippen LogP contribution in [-0.4, -0.2) is 14.4 Å². The largest absolute Gasteiger partial charge is 0.325 e. The molecule has 0 saturated heterocycles. The van der Waals surface area contributed by atoms with E-state index in [1.54, 1.807) is 6.20 Å². The molecule has 0 spiro atoms. The van der Waals surface area contributed by atoms with Gasteiger partial charge in [-0.05, 0) is 52.0 Å². The Morgan fingerprint density at radius 1 is 1.21 bits per heavy atom. The van der Waals surface area contributed by atoms with E-state index in [4.69, 9.17) is 5.73 Å². The summed E-state index contributed by atoms with van der Waals surface area (Å²) in [7, 11) is 0. The smallest absolute Gasteiger partial charge is 0.138 e. The highest BCUT2D eigenvalue weighted by Crippen LogP contribution is 2.33. The number of hydrogen-bond acceptors (Lipinski definition) is 4. The van der Waals surface area contributed by atoms with Gasteiger partial charge in [0.1, 0.15) is 15.7 Å². The molecule has 0 saturated carbocycles. The molecule has 0 aromatic carbocycles. The Morgan fingerprint density at radius 2 is 2.11 bits per heavy atom. The third-order valence-electron chi connectivity index (χ3n) is 2.70. The Hall–Kier alpha value is -1.37. The van der Waals surface area contributed by atoms with Crippen molar-refractivity contribution in [2.24, 2.45) is 5.73 Å². The maximum atomic E-state index is 5.85. The van der Waals surface area contributed by atoms with Gasteiger partial charge in [-0.2, -0.15) is 0 Å². The van der Waals surface area contributed by atoms with Gasteiger partial charge in [-0.1, -0.05) is 6.07 Å². The van der Waals surface area contributed by atoms with Crippen LogP contribution in [0.15, 0.2) is 57.3 Å². The van der Waals surface area contributed by atoms with Crippen LogP contribution < -0.4 is 5.73 Å². The van der Waals surface area contributed by atoms with Crippen LogP contribution in [-0.2, 0) is 6.54 Å². The van der Waals surface area contributed by atoms with E-state index in [-0.39, 0.29) is 0 Å². The lowest BCUT2D eigenvalue weighted by Gasteiger charge is -2.02. The summed E-state index contributed by atoms with van der Waals surface area (Å²) < 4.78 is 2.97. The molecule has 4 nitrogen and oxygen atoms in total. The third-order valence-corrected chi connectivity index (χ3v) is 4.64. The highest BCUT2D eigenvalue weighted by molar-refractivity contribution is 9.10. The SMILES string of the molecule is NCc1c(Sc2ncccc2Br)nc2ccccn12. The average Bonchev–Trinajstić information content (AvgIpc) is 2.78. The average molecular weight is 335 g/mol. The Kier molecular flexibility index (Phi) is 3.54. The molecule has 0 aliphatic heterocycles. The fourth-order valence-corrected chi connectivity index (χ4v) is 3.23. The van der Waals surface area contributed by atoms with Crippen LogP contribution in [0.25, 0.3) is 5.65 Å². The van der Waals surface area contributed by atoms with Crippen molar-refractivity contribution in [2.45, 2.75) is 16.6 Å². The summed E-state index contributed by atoms with van der Waals surface area (Å²) in [5, 5.41) is 1.79. The second-order valence-corrected chi connectivity index (χ2v) is 5.72. The lowest BCUT2D eigenvalue weighted by atomic mass is 10.4. The first-order chi connectivity index (χ1) is 9.29. The van der Waals surface area contributed by atoms with Crippen LogP contribution in [0, 0.1) is 0 Å². The van der Waals surface area contributed by atoms with E-state index in [1.807, 2.05) is 40.9 Å². The van der Waals surface area contributed by atoms with Crippen molar-refractivity contribution in [3.63, 3.8) is 0 Å². The van der Waals surface area contributed by atoms with Crippen molar-refractivity contribution in [2.75, 3.05) is 0 Å². The zero-order valence-electron chi connectivity index (χ0n) is 9.95. The van der Waals surface area contributed by atoms with Crippen molar-refractivity contribution in [1.82, 2.24) is 14.4 Å². The minimum absolute atomic E-state index is 0.442. The van der Waals surface area contributed by atoms with Gasteiger partial charge in [0.2, 0.25) is 0 Å². The van der Waals surface area contributed by atoms with Crippen molar-refractivity contribution < 1.29 is 0 Å². The Morgan fingerprint density at radius 3 is 2.89 bits per heavy atom. The first-order valence-corrected chi connectivity index (χ1v) is 7.35. The van der Waals surface area contributed by atoms with Crippen molar-refractivity contribution in [1.29, 1.82) is 0 Å². The van der Waals surface area contributed by atoms with Gasteiger partial charge in [-0.15, -0.1) is 0 Å². The van der Waals surface area contributed by atoms with E-state index in [9.17, 15) is 0 Å². The third kappa shape index (κ3) is 2.39. The van der Waals surface area contributed by atoms with Gasteiger partial charge in [0.15, 0.2) is 0 Å². The highest BCUT2D eigenvalue weighted by Gasteiger charge is 2.13. The van der Waals surface area contributed by atoms with E-state index in [1.165, 1.54) is 11.8 Å². The number of rotatable bonds is 3. The molecule has 0 fully saturated rings. The Bertz CT molecular complexity index is 725. The first kappa shape index (κ1) is 12.7. The molecule has 3 aromatic rings. The van der Waals surface area contributed by atoms with E-state index in [2.05, 4.69) is 25.9 Å². The fraction of sp³-hybridized carbons (Fsp3) is 0.0769. The molecule has 3 rings (SSSR count). The maximum Gasteiger partial charge on any atom is 0.138 e. The van der Waals surface area contributed by atoms with Crippen LogP contribution in [0.1, 0.15) is 5.69 Å². The normalized spacial score (nSPS) is 11.1. The summed E-state index contributed by atoms with van der Waals surface area (Å²) in [6, 6.07) is 9.76. The highest BCUT2D eigenvalue weighted by atomic mass is 79.9. The van der Waals surface area contributed by atoms with Gasteiger partial charge in [-0.3, -0.25) is 0 Å². The summed E-state index contributed by atoms with van der Waals surface area (Å²) in [5.74, 6) is 0. The molecule has 0 amide bonds. The molecule has 0 aliphatic rings. The maximum absolute atomic E-state index is 5.85. The lowest BCUT2D eigenvalue weighted by Crippen LogP contribution is -2.01. The van der Waals surface area contributed by atoms with Crippen molar-refractivity contribution in [3.05, 3.63) is 52.9 Å². The van der Waals surface area contributed by atoms with E-state index in [0.29, 0.717) is 6.54 Å².